The topological polar surface area (TPSA) is 55.8 Å². The van der Waals surface area contributed by atoms with Crippen molar-refractivity contribution < 1.29 is 19.4 Å². The van der Waals surface area contributed by atoms with Gasteiger partial charge in [-0.2, -0.15) is 0 Å². The predicted octanol–water partition coefficient (Wildman–Crippen LogP) is 8.41. The first-order chi connectivity index (χ1) is 17.0. The van der Waals surface area contributed by atoms with Crippen molar-refractivity contribution in [2.24, 2.45) is 5.92 Å². The number of phenols is 1. The van der Waals surface area contributed by atoms with Crippen LogP contribution < -0.4 is 4.74 Å². The average molecular weight is 491 g/mol. The first-order valence-corrected chi connectivity index (χ1v) is 13.6. The number of carbonyl (C=O) groups is 1. The van der Waals surface area contributed by atoms with E-state index in [4.69, 9.17) is 9.47 Å². The molecule has 4 nitrogen and oxygen atoms in total. The summed E-state index contributed by atoms with van der Waals surface area (Å²) in [6, 6.07) is 8.17. The molecule has 0 saturated heterocycles. The Bertz CT molecular complexity index is 1190. The van der Waals surface area contributed by atoms with Gasteiger partial charge in [-0.3, -0.25) is 0 Å². The van der Waals surface area contributed by atoms with Crippen molar-refractivity contribution in [3.8, 4) is 22.6 Å². The molecule has 0 spiro atoms. The lowest BCUT2D eigenvalue weighted by Crippen LogP contribution is -2.41. The van der Waals surface area contributed by atoms with E-state index in [1.54, 1.807) is 0 Å². The lowest BCUT2D eigenvalue weighted by Gasteiger charge is -2.40. The summed E-state index contributed by atoms with van der Waals surface area (Å²) < 4.78 is 12.8. The van der Waals surface area contributed by atoms with Crippen LogP contribution >= 0.6 is 0 Å². The summed E-state index contributed by atoms with van der Waals surface area (Å²) in [4.78, 5) is 13.9. The number of rotatable bonds is 7. The Labute approximate surface area is 216 Å². The van der Waals surface area contributed by atoms with Crippen LogP contribution in [0.1, 0.15) is 107 Å². The van der Waals surface area contributed by atoms with Gasteiger partial charge in [0.05, 0.1) is 5.56 Å². The number of aromatic hydroxyl groups is 1. The number of hydrogen-bond donors (Lipinski definition) is 1. The van der Waals surface area contributed by atoms with Crippen LogP contribution in [0, 0.1) is 12.8 Å². The second kappa shape index (κ2) is 9.95. The number of benzene rings is 2. The van der Waals surface area contributed by atoms with Gasteiger partial charge in [0, 0.05) is 12.0 Å². The van der Waals surface area contributed by atoms with Crippen molar-refractivity contribution in [3.63, 3.8) is 0 Å². The molecule has 1 atom stereocenters. The summed E-state index contributed by atoms with van der Waals surface area (Å²) in [5.74, 6) is 0.352. The van der Waals surface area contributed by atoms with Crippen LogP contribution in [0.4, 0.5) is 0 Å². The van der Waals surface area contributed by atoms with Crippen molar-refractivity contribution in [2.45, 2.75) is 105 Å². The molecule has 0 radical (unpaired) electrons. The Balaban J connectivity index is 1.85. The molecular formula is C32H42O4. The van der Waals surface area contributed by atoms with E-state index in [-0.39, 0.29) is 11.7 Å². The molecule has 1 aliphatic carbocycles. The first kappa shape index (κ1) is 26.3. The van der Waals surface area contributed by atoms with E-state index in [0.29, 0.717) is 29.7 Å². The van der Waals surface area contributed by atoms with Gasteiger partial charge in [-0.15, -0.1) is 0 Å². The van der Waals surface area contributed by atoms with Gasteiger partial charge in [0.2, 0.25) is 0 Å². The van der Waals surface area contributed by atoms with Gasteiger partial charge >= 0.3 is 5.97 Å². The Morgan fingerprint density at radius 3 is 2.56 bits per heavy atom. The number of fused-ring (bicyclic) bond motifs is 3. The van der Waals surface area contributed by atoms with E-state index in [1.807, 2.05) is 26.8 Å². The third-order valence-corrected chi connectivity index (χ3v) is 8.15. The van der Waals surface area contributed by atoms with Crippen LogP contribution in [0.25, 0.3) is 11.1 Å². The standard InChI is InChI=1S/C32H42O4/c1-8-9-10-11-23-19-26-28(24-18-22(5)12-13-25(24)31(6,7)35-26)29(33)27(23)30(34)36-32(20(2)3)16-14-21(4)15-17-32/h12-14,18-20,33H,8-11,15-17H2,1-7H3/t32-/m0/s1. The van der Waals surface area contributed by atoms with Crippen LogP contribution in [0.15, 0.2) is 35.9 Å². The van der Waals surface area contributed by atoms with Gasteiger partial charge in [0.15, 0.2) is 0 Å². The van der Waals surface area contributed by atoms with E-state index in [1.165, 1.54) is 5.57 Å². The lowest BCUT2D eigenvalue weighted by molar-refractivity contribution is -0.0498. The molecule has 0 amide bonds. The minimum Gasteiger partial charge on any atom is -0.506 e. The zero-order chi connectivity index (χ0) is 26.3. The van der Waals surface area contributed by atoms with Crippen molar-refractivity contribution in [1.82, 2.24) is 0 Å². The molecule has 1 N–H and O–H groups in total. The minimum absolute atomic E-state index is 0.0206. The summed E-state index contributed by atoms with van der Waals surface area (Å²) in [5, 5.41) is 11.8. The molecule has 1 aliphatic heterocycles. The molecule has 4 heteroatoms. The summed E-state index contributed by atoms with van der Waals surface area (Å²) in [7, 11) is 0. The SMILES string of the molecule is CCCCCc1cc2c(c(O)c1C(=O)O[C@@]1(C(C)C)CC=C(C)CC1)-c1cc(C)ccc1C(C)(C)O2. The van der Waals surface area contributed by atoms with Crippen molar-refractivity contribution in [2.75, 3.05) is 0 Å². The number of allylic oxidation sites excluding steroid dienone is 1. The zero-order valence-electron chi connectivity index (χ0n) is 23.1. The number of phenolic OH excluding ortho intramolecular Hbond substituents is 1. The highest BCUT2D eigenvalue weighted by molar-refractivity contribution is 5.99. The van der Waals surface area contributed by atoms with E-state index >= 15 is 0 Å². The molecular weight excluding hydrogens is 448 g/mol. The van der Waals surface area contributed by atoms with E-state index in [2.05, 4.69) is 52.0 Å². The van der Waals surface area contributed by atoms with Crippen LogP contribution in [0.2, 0.25) is 0 Å². The molecule has 1 heterocycles. The number of esters is 1. The van der Waals surface area contributed by atoms with Crippen LogP contribution in [-0.2, 0) is 16.8 Å². The van der Waals surface area contributed by atoms with Crippen molar-refractivity contribution in [3.05, 3.63) is 58.2 Å². The van der Waals surface area contributed by atoms with Crippen molar-refractivity contribution in [1.29, 1.82) is 0 Å². The van der Waals surface area contributed by atoms with Gasteiger partial charge < -0.3 is 14.6 Å². The highest BCUT2D eigenvalue weighted by Crippen LogP contribution is 2.52. The number of hydrogen-bond acceptors (Lipinski definition) is 4. The average Bonchev–Trinajstić information content (AvgIpc) is 2.80. The van der Waals surface area contributed by atoms with Gasteiger partial charge in [-0.1, -0.05) is 69.0 Å². The Morgan fingerprint density at radius 1 is 1.17 bits per heavy atom. The molecule has 0 bridgehead atoms. The van der Waals surface area contributed by atoms with Crippen LogP contribution in [-0.4, -0.2) is 16.7 Å². The normalized spacial score (nSPS) is 20.3. The Kier molecular flexibility index (Phi) is 7.28. The summed E-state index contributed by atoms with van der Waals surface area (Å²) in [5.41, 5.74) is 4.94. The highest BCUT2D eigenvalue weighted by atomic mass is 16.6. The highest BCUT2D eigenvalue weighted by Gasteiger charge is 2.41. The maximum Gasteiger partial charge on any atom is 0.342 e. The molecule has 2 aromatic rings. The third-order valence-electron chi connectivity index (χ3n) is 8.15. The number of carbonyl (C=O) groups excluding carboxylic acids is 1. The minimum atomic E-state index is -0.563. The van der Waals surface area contributed by atoms with Crippen molar-refractivity contribution >= 4 is 5.97 Å². The van der Waals surface area contributed by atoms with Crippen LogP contribution in [0.5, 0.6) is 11.5 Å². The zero-order valence-corrected chi connectivity index (χ0v) is 23.1. The first-order valence-electron chi connectivity index (χ1n) is 13.6. The molecule has 0 unspecified atom stereocenters. The number of aryl methyl sites for hydroxylation is 2. The number of ether oxygens (including phenoxy) is 2. The molecule has 194 valence electrons. The summed E-state index contributed by atoms with van der Waals surface area (Å²) >= 11 is 0. The fraction of sp³-hybridized carbons (Fsp3) is 0.531. The Morgan fingerprint density at radius 2 is 1.92 bits per heavy atom. The largest absolute Gasteiger partial charge is 0.506 e. The fourth-order valence-corrected chi connectivity index (χ4v) is 5.68. The third kappa shape index (κ3) is 4.79. The lowest BCUT2D eigenvalue weighted by atomic mass is 9.78. The second-order valence-corrected chi connectivity index (χ2v) is 11.6. The molecule has 0 aromatic heterocycles. The molecule has 2 aromatic carbocycles. The maximum absolute atomic E-state index is 13.9. The van der Waals surface area contributed by atoms with Gasteiger partial charge in [0.1, 0.15) is 28.3 Å². The summed E-state index contributed by atoms with van der Waals surface area (Å²) in [6.45, 7) is 14.7. The monoisotopic (exact) mass is 490 g/mol. The van der Waals surface area contributed by atoms with Gasteiger partial charge in [-0.05, 0) is 76.5 Å². The molecule has 2 aliphatic rings. The van der Waals surface area contributed by atoms with E-state index in [9.17, 15) is 9.90 Å². The van der Waals surface area contributed by atoms with Gasteiger partial charge in [-0.25, -0.2) is 4.79 Å². The summed E-state index contributed by atoms with van der Waals surface area (Å²) in [6.07, 6.45) is 8.38. The quantitative estimate of drug-likeness (QED) is 0.240. The fourth-order valence-electron chi connectivity index (χ4n) is 5.68. The molecule has 0 fully saturated rings. The number of unbranched alkanes of at least 4 members (excludes halogenated alkanes) is 2. The van der Waals surface area contributed by atoms with E-state index < -0.39 is 17.2 Å². The molecule has 36 heavy (non-hydrogen) atoms. The molecule has 4 rings (SSSR count). The smallest absolute Gasteiger partial charge is 0.342 e. The van der Waals surface area contributed by atoms with Crippen LogP contribution in [0.3, 0.4) is 0 Å². The van der Waals surface area contributed by atoms with E-state index in [0.717, 1.165) is 54.4 Å². The van der Waals surface area contributed by atoms with Gasteiger partial charge in [0.25, 0.3) is 0 Å². The molecule has 0 saturated carbocycles. The predicted molar refractivity (Wildman–Crippen MR) is 146 cm³/mol. The second-order valence-electron chi connectivity index (χ2n) is 11.6. The Hall–Kier alpha value is -2.75. The maximum atomic E-state index is 13.9.